The molecule has 0 aromatic heterocycles. The molecule has 0 aromatic carbocycles. The zero-order valence-corrected chi connectivity index (χ0v) is 12.2. The first kappa shape index (κ1) is 13.4. The van der Waals surface area contributed by atoms with Crippen LogP contribution in [-0.4, -0.2) is 24.3 Å². The zero-order chi connectivity index (χ0) is 12.0. The number of nitrogens with zero attached hydrogens (tertiary/aromatic N) is 1. The highest BCUT2D eigenvalue weighted by atomic mass is 35.5. The molecular weight excluding hydrogens is 312 g/mol. The van der Waals surface area contributed by atoms with Crippen molar-refractivity contribution in [3.05, 3.63) is 0 Å². The number of hydrogen-bond donors (Lipinski definition) is 0. The van der Waals surface area contributed by atoms with E-state index in [1.54, 1.807) is 4.31 Å². The van der Waals surface area contributed by atoms with E-state index in [4.69, 9.17) is 46.4 Å². The molecule has 1 saturated heterocycles. The van der Waals surface area contributed by atoms with Gasteiger partial charge in [0, 0.05) is 6.04 Å². The Morgan fingerprint density at radius 3 is 2.12 bits per heavy atom. The van der Waals surface area contributed by atoms with Crippen LogP contribution in [-0.2, 0) is 4.79 Å². The molecule has 2 fully saturated rings. The normalized spacial score (nSPS) is 29.8. The summed E-state index contributed by atoms with van der Waals surface area (Å²) < 4.78 is -1.68. The molecule has 1 amide bonds. The molecule has 16 heavy (non-hydrogen) atoms. The van der Waals surface area contributed by atoms with Crippen molar-refractivity contribution in [3.63, 3.8) is 0 Å². The second-order valence-electron chi connectivity index (χ2n) is 4.11. The third kappa shape index (κ3) is 2.14. The third-order valence-corrected chi connectivity index (χ3v) is 6.63. The van der Waals surface area contributed by atoms with Gasteiger partial charge in [-0.05, 0) is 24.8 Å². The van der Waals surface area contributed by atoms with Crippen LogP contribution in [0.3, 0.4) is 0 Å². The number of rotatable bonds is 1. The number of alkyl halides is 4. The maximum absolute atomic E-state index is 12.0. The van der Waals surface area contributed by atoms with Crippen molar-refractivity contribution in [1.29, 1.82) is 0 Å². The molecule has 2 nitrogen and oxygen atoms in total. The third-order valence-electron chi connectivity index (χ3n) is 2.95. The highest BCUT2D eigenvalue weighted by Crippen LogP contribution is 2.59. The number of amides is 1. The van der Waals surface area contributed by atoms with Gasteiger partial charge in [-0.3, -0.25) is 9.10 Å². The fourth-order valence-electron chi connectivity index (χ4n) is 2.04. The van der Waals surface area contributed by atoms with Crippen molar-refractivity contribution < 1.29 is 4.79 Å². The lowest BCUT2D eigenvalue weighted by Gasteiger charge is -2.29. The van der Waals surface area contributed by atoms with Gasteiger partial charge in [-0.25, -0.2) is 0 Å². The van der Waals surface area contributed by atoms with Gasteiger partial charge in [0.1, 0.15) is 0 Å². The van der Waals surface area contributed by atoms with Crippen LogP contribution in [0.15, 0.2) is 0 Å². The van der Waals surface area contributed by atoms with Gasteiger partial charge in [0.15, 0.2) is 0 Å². The SMILES string of the molecule is O=C1N(C2CCCCC2)SC(Cl)(Cl)C1(Cl)Cl. The number of halogens is 4. The Kier molecular flexibility index (Phi) is 3.84. The monoisotopic (exact) mass is 321 g/mol. The first-order valence-corrected chi connectivity index (χ1v) is 7.43. The van der Waals surface area contributed by atoms with Crippen LogP contribution in [0.25, 0.3) is 0 Å². The summed E-state index contributed by atoms with van der Waals surface area (Å²) in [4.78, 5) is 12.0. The molecule has 0 N–H and O–H groups in total. The van der Waals surface area contributed by atoms with E-state index >= 15 is 0 Å². The fraction of sp³-hybridized carbons (Fsp3) is 0.889. The van der Waals surface area contributed by atoms with E-state index in [2.05, 4.69) is 0 Å². The van der Waals surface area contributed by atoms with E-state index in [0.29, 0.717) is 0 Å². The van der Waals surface area contributed by atoms with Gasteiger partial charge in [0.05, 0.1) is 0 Å². The number of hydrogen-bond acceptors (Lipinski definition) is 2. The van der Waals surface area contributed by atoms with Crippen molar-refractivity contribution in [2.45, 2.75) is 46.1 Å². The van der Waals surface area contributed by atoms with Crippen LogP contribution >= 0.6 is 58.4 Å². The van der Waals surface area contributed by atoms with Crippen LogP contribution in [0.2, 0.25) is 0 Å². The van der Waals surface area contributed by atoms with E-state index in [0.717, 1.165) is 37.6 Å². The summed E-state index contributed by atoms with van der Waals surface area (Å²) in [5.41, 5.74) is 0. The molecule has 2 aliphatic rings. The summed E-state index contributed by atoms with van der Waals surface area (Å²) in [6.07, 6.45) is 5.37. The highest BCUT2D eigenvalue weighted by molar-refractivity contribution is 8.02. The minimum absolute atomic E-state index is 0.155. The summed E-state index contributed by atoms with van der Waals surface area (Å²) >= 11 is 24.8. The van der Waals surface area contributed by atoms with E-state index in [9.17, 15) is 4.79 Å². The standard InChI is InChI=1S/C9H11Cl4NOS/c10-8(11)7(15)14(16-9(8,12)13)6-4-2-1-3-5-6/h6H,1-5H2. The van der Waals surface area contributed by atoms with Gasteiger partial charge < -0.3 is 0 Å². The van der Waals surface area contributed by atoms with E-state index < -0.39 is 13.9 Å². The van der Waals surface area contributed by atoms with Gasteiger partial charge in [-0.15, -0.1) is 0 Å². The topological polar surface area (TPSA) is 20.3 Å². The molecular formula is C9H11Cl4NOS. The van der Waals surface area contributed by atoms with Crippen LogP contribution in [0, 0.1) is 0 Å². The van der Waals surface area contributed by atoms with Crippen molar-refractivity contribution >= 4 is 64.3 Å². The molecule has 0 atom stereocenters. The summed E-state index contributed by atoms with van der Waals surface area (Å²) in [7, 11) is 0. The second-order valence-corrected chi connectivity index (χ2v) is 8.40. The minimum Gasteiger partial charge on any atom is -0.278 e. The Hall–Kier alpha value is 0.980. The largest absolute Gasteiger partial charge is 0.278 e. The number of carbonyl (C=O) groups is 1. The van der Waals surface area contributed by atoms with Crippen LogP contribution in [0.5, 0.6) is 0 Å². The molecule has 0 spiro atoms. The van der Waals surface area contributed by atoms with Gasteiger partial charge in [0.2, 0.25) is 8.00 Å². The van der Waals surface area contributed by atoms with Crippen LogP contribution in [0.1, 0.15) is 32.1 Å². The van der Waals surface area contributed by atoms with Crippen molar-refractivity contribution in [3.8, 4) is 0 Å². The lowest BCUT2D eigenvalue weighted by molar-refractivity contribution is -0.127. The van der Waals surface area contributed by atoms with Gasteiger partial charge in [0.25, 0.3) is 5.91 Å². The van der Waals surface area contributed by atoms with Gasteiger partial charge in [-0.2, -0.15) is 0 Å². The smallest absolute Gasteiger partial charge is 0.273 e. The first-order chi connectivity index (χ1) is 7.36. The molecule has 2 rings (SSSR count). The molecule has 0 unspecified atom stereocenters. The molecule has 1 heterocycles. The number of carbonyl (C=O) groups excluding carboxylic acids is 1. The highest BCUT2D eigenvalue weighted by Gasteiger charge is 2.64. The van der Waals surface area contributed by atoms with E-state index in [1.807, 2.05) is 0 Å². The van der Waals surface area contributed by atoms with E-state index in [1.165, 1.54) is 6.42 Å². The lowest BCUT2D eigenvalue weighted by Crippen LogP contribution is -2.40. The van der Waals surface area contributed by atoms with Gasteiger partial charge in [-0.1, -0.05) is 65.7 Å². The maximum atomic E-state index is 12.0. The molecule has 0 bridgehead atoms. The Morgan fingerprint density at radius 2 is 1.69 bits per heavy atom. The summed E-state index contributed by atoms with van der Waals surface area (Å²) in [6.45, 7) is 0. The fourth-order valence-corrected chi connectivity index (χ4v) is 4.17. The van der Waals surface area contributed by atoms with Crippen molar-refractivity contribution in [2.24, 2.45) is 0 Å². The summed E-state index contributed by atoms with van der Waals surface area (Å²) in [5, 5.41) is 0. The quantitative estimate of drug-likeness (QED) is 0.534. The van der Waals surface area contributed by atoms with Crippen molar-refractivity contribution in [1.82, 2.24) is 4.31 Å². The maximum Gasteiger partial charge on any atom is 0.273 e. The molecule has 0 radical (unpaired) electrons. The molecule has 0 aromatic rings. The molecule has 7 heteroatoms. The zero-order valence-electron chi connectivity index (χ0n) is 8.39. The predicted octanol–water partition coefficient (Wildman–Crippen LogP) is 4.11. The van der Waals surface area contributed by atoms with E-state index in [-0.39, 0.29) is 6.04 Å². The molecule has 92 valence electrons. The first-order valence-electron chi connectivity index (χ1n) is 5.15. The summed E-state index contributed by atoms with van der Waals surface area (Å²) in [6, 6.07) is 0.155. The molecule has 1 aliphatic heterocycles. The minimum atomic E-state index is -1.75. The Bertz CT molecular complexity index is 304. The predicted molar refractivity (Wildman–Crippen MR) is 70.2 cm³/mol. The Labute approximate surface area is 119 Å². The van der Waals surface area contributed by atoms with Crippen LogP contribution < -0.4 is 0 Å². The Morgan fingerprint density at radius 1 is 1.12 bits per heavy atom. The average molecular weight is 323 g/mol. The van der Waals surface area contributed by atoms with Gasteiger partial charge >= 0.3 is 0 Å². The van der Waals surface area contributed by atoms with Crippen molar-refractivity contribution in [2.75, 3.05) is 0 Å². The average Bonchev–Trinajstić information content (AvgIpc) is 2.40. The lowest BCUT2D eigenvalue weighted by atomic mass is 9.95. The molecule has 1 saturated carbocycles. The Balaban J connectivity index is 2.16. The molecule has 1 aliphatic carbocycles. The summed E-state index contributed by atoms with van der Waals surface area (Å²) in [5.74, 6) is -0.391. The van der Waals surface area contributed by atoms with Crippen LogP contribution in [0.4, 0.5) is 0 Å². The second kappa shape index (κ2) is 4.58.